The number of aromatic nitrogens is 3. The summed E-state index contributed by atoms with van der Waals surface area (Å²) in [4.78, 5) is 40.5. The number of nitrogens with zero attached hydrogens (tertiary/aromatic N) is 3. The van der Waals surface area contributed by atoms with Crippen molar-refractivity contribution < 1.29 is 19.1 Å². The highest BCUT2D eigenvalue weighted by atomic mass is 16.5. The molecule has 0 aliphatic carbocycles. The molecule has 0 spiro atoms. The van der Waals surface area contributed by atoms with Gasteiger partial charge in [-0.15, -0.1) is 0 Å². The van der Waals surface area contributed by atoms with E-state index < -0.39 is 18.0 Å². The Bertz CT molecular complexity index is 1060. The van der Waals surface area contributed by atoms with E-state index in [0.717, 1.165) is 0 Å². The van der Waals surface area contributed by atoms with E-state index in [4.69, 9.17) is 4.74 Å². The monoisotopic (exact) mass is 392 g/mol. The number of Topliss-reactive ketones (excluding diaryl/α,β-unsaturated/α-hetero) is 1. The predicted molar refractivity (Wildman–Crippen MR) is 106 cm³/mol. The zero-order valence-corrected chi connectivity index (χ0v) is 16.2. The van der Waals surface area contributed by atoms with Crippen molar-refractivity contribution in [3.8, 4) is 5.82 Å². The molecule has 1 amide bonds. The summed E-state index contributed by atoms with van der Waals surface area (Å²) in [5, 5.41) is 6.81. The van der Waals surface area contributed by atoms with Crippen molar-refractivity contribution in [2.45, 2.75) is 26.9 Å². The smallest absolute Gasteiger partial charge is 0.342 e. The van der Waals surface area contributed by atoms with Gasteiger partial charge in [-0.25, -0.2) is 14.5 Å². The first-order chi connectivity index (χ1) is 13.9. The van der Waals surface area contributed by atoms with Crippen LogP contribution in [-0.2, 0) is 9.53 Å². The summed E-state index contributed by atoms with van der Waals surface area (Å²) >= 11 is 0. The summed E-state index contributed by atoms with van der Waals surface area (Å²) in [6.07, 6.45) is 1.97. The van der Waals surface area contributed by atoms with Crippen LogP contribution in [-0.4, -0.2) is 38.5 Å². The third kappa shape index (κ3) is 4.55. The third-order valence-electron chi connectivity index (χ3n) is 4.29. The molecule has 8 nitrogen and oxygen atoms in total. The van der Waals surface area contributed by atoms with Crippen LogP contribution in [0.25, 0.3) is 5.82 Å². The van der Waals surface area contributed by atoms with Crippen molar-refractivity contribution in [2.75, 3.05) is 5.32 Å². The van der Waals surface area contributed by atoms with Crippen LogP contribution in [0.15, 0.2) is 54.9 Å². The Balaban J connectivity index is 1.68. The van der Waals surface area contributed by atoms with Crippen molar-refractivity contribution in [2.24, 2.45) is 0 Å². The number of carbonyl (C=O) groups is 3. The number of anilines is 1. The van der Waals surface area contributed by atoms with Gasteiger partial charge in [-0.3, -0.25) is 9.59 Å². The Morgan fingerprint density at radius 3 is 2.62 bits per heavy atom. The molecule has 0 fully saturated rings. The van der Waals surface area contributed by atoms with Crippen LogP contribution in [0.4, 0.5) is 5.69 Å². The van der Waals surface area contributed by atoms with Crippen LogP contribution < -0.4 is 5.32 Å². The highest BCUT2D eigenvalue weighted by molar-refractivity contribution is 5.99. The molecule has 2 aromatic heterocycles. The van der Waals surface area contributed by atoms with E-state index in [1.54, 1.807) is 49.5 Å². The zero-order chi connectivity index (χ0) is 21.0. The second-order valence-corrected chi connectivity index (χ2v) is 6.42. The molecule has 29 heavy (non-hydrogen) atoms. The minimum Gasteiger partial charge on any atom is -0.449 e. The Morgan fingerprint density at radius 2 is 1.93 bits per heavy atom. The number of ether oxygens (including phenoxy) is 1. The van der Waals surface area contributed by atoms with Gasteiger partial charge in [0.1, 0.15) is 5.56 Å². The Kier molecular flexibility index (Phi) is 5.82. The Morgan fingerprint density at radius 1 is 1.14 bits per heavy atom. The van der Waals surface area contributed by atoms with Gasteiger partial charge in [-0.1, -0.05) is 18.2 Å². The van der Waals surface area contributed by atoms with Crippen LogP contribution in [0.2, 0.25) is 0 Å². The molecule has 3 aromatic rings. The number of amides is 1. The third-order valence-corrected chi connectivity index (χ3v) is 4.29. The molecule has 0 saturated carbocycles. The number of carbonyl (C=O) groups excluding carboxylic acids is 3. The molecule has 1 atom stereocenters. The molecule has 2 heterocycles. The topological polar surface area (TPSA) is 103 Å². The van der Waals surface area contributed by atoms with Crippen LogP contribution in [0, 0.1) is 6.92 Å². The lowest BCUT2D eigenvalue weighted by Crippen LogP contribution is -2.30. The maximum atomic E-state index is 12.5. The van der Waals surface area contributed by atoms with E-state index in [-0.39, 0.29) is 11.3 Å². The van der Waals surface area contributed by atoms with Gasteiger partial charge >= 0.3 is 5.97 Å². The van der Waals surface area contributed by atoms with E-state index in [1.807, 2.05) is 6.07 Å². The summed E-state index contributed by atoms with van der Waals surface area (Å²) in [5.74, 6) is -0.709. The Labute approximate surface area is 167 Å². The molecule has 148 valence electrons. The molecule has 0 aliphatic heterocycles. The molecule has 0 saturated heterocycles. The van der Waals surface area contributed by atoms with E-state index in [9.17, 15) is 14.4 Å². The average Bonchev–Trinajstić information content (AvgIpc) is 3.10. The van der Waals surface area contributed by atoms with Crippen molar-refractivity contribution in [3.05, 3.63) is 71.7 Å². The van der Waals surface area contributed by atoms with Gasteiger partial charge < -0.3 is 10.1 Å². The van der Waals surface area contributed by atoms with E-state index in [2.05, 4.69) is 15.4 Å². The normalized spacial score (nSPS) is 11.6. The van der Waals surface area contributed by atoms with Gasteiger partial charge in [0.2, 0.25) is 0 Å². The van der Waals surface area contributed by atoms with Crippen molar-refractivity contribution in [3.63, 3.8) is 0 Å². The van der Waals surface area contributed by atoms with Crippen LogP contribution >= 0.6 is 0 Å². The first-order valence-electron chi connectivity index (χ1n) is 8.95. The Hall–Kier alpha value is -3.81. The van der Waals surface area contributed by atoms with E-state index in [0.29, 0.717) is 22.8 Å². The number of nitrogens with one attached hydrogen (secondary N) is 1. The maximum Gasteiger partial charge on any atom is 0.342 e. The number of pyridine rings is 1. The first kappa shape index (κ1) is 19.9. The van der Waals surface area contributed by atoms with Crippen LogP contribution in [0.5, 0.6) is 0 Å². The lowest BCUT2D eigenvalue weighted by Gasteiger charge is -2.14. The van der Waals surface area contributed by atoms with Crippen molar-refractivity contribution in [1.29, 1.82) is 0 Å². The molecule has 1 aromatic carbocycles. The minimum atomic E-state index is -1.04. The largest absolute Gasteiger partial charge is 0.449 e. The summed E-state index contributed by atoms with van der Waals surface area (Å²) < 4.78 is 6.81. The van der Waals surface area contributed by atoms with Gasteiger partial charge in [0.25, 0.3) is 5.91 Å². The summed E-state index contributed by atoms with van der Waals surface area (Å²) in [5.41, 5.74) is 1.72. The van der Waals surface area contributed by atoms with Gasteiger partial charge in [0, 0.05) is 17.4 Å². The summed E-state index contributed by atoms with van der Waals surface area (Å²) in [6, 6.07) is 11.9. The van der Waals surface area contributed by atoms with Gasteiger partial charge in [-0.05, 0) is 45.0 Å². The minimum absolute atomic E-state index is 0.110. The number of hydrogen-bond donors (Lipinski definition) is 1. The predicted octanol–water partition coefficient (Wildman–Crippen LogP) is 2.96. The molecule has 1 unspecified atom stereocenters. The zero-order valence-electron chi connectivity index (χ0n) is 16.2. The number of hydrogen-bond acceptors (Lipinski definition) is 6. The molecule has 8 heteroatoms. The second kappa shape index (κ2) is 8.47. The molecule has 0 radical (unpaired) electrons. The highest BCUT2D eigenvalue weighted by Gasteiger charge is 2.23. The quantitative estimate of drug-likeness (QED) is 0.511. The SMILES string of the molecule is CC(=O)c1cccc(NC(=O)C(C)OC(=O)c2cnn(-c3ccccn3)c2C)c1. The lowest BCUT2D eigenvalue weighted by atomic mass is 10.1. The van der Waals surface area contributed by atoms with Crippen LogP contribution in [0.1, 0.15) is 40.3 Å². The van der Waals surface area contributed by atoms with E-state index in [1.165, 1.54) is 24.7 Å². The number of esters is 1. The summed E-state index contributed by atoms with van der Waals surface area (Å²) in [7, 11) is 0. The molecule has 3 rings (SSSR count). The van der Waals surface area contributed by atoms with E-state index >= 15 is 0 Å². The highest BCUT2D eigenvalue weighted by Crippen LogP contribution is 2.15. The standard InChI is InChI=1S/C21H20N4O4/c1-13-18(12-23-25(13)19-9-4-5-10-22-19)21(28)29-15(3)20(27)24-17-8-6-7-16(11-17)14(2)26/h4-12,15H,1-3H3,(H,24,27). The lowest BCUT2D eigenvalue weighted by molar-refractivity contribution is -0.123. The van der Waals surface area contributed by atoms with Crippen LogP contribution in [0.3, 0.4) is 0 Å². The van der Waals surface area contributed by atoms with Gasteiger partial charge in [-0.2, -0.15) is 5.10 Å². The maximum absolute atomic E-state index is 12.5. The van der Waals surface area contributed by atoms with Crippen molar-refractivity contribution in [1.82, 2.24) is 14.8 Å². The fourth-order valence-electron chi connectivity index (χ4n) is 2.66. The number of rotatable bonds is 6. The molecular weight excluding hydrogens is 372 g/mol. The fourth-order valence-corrected chi connectivity index (χ4v) is 2.66. The van der Waals surface area contributed by atoms with Gasteiger partial charge in [0.05, 0.1) is 11.9 Å². The number of ketones is 1. The molecule has 0 aliphatic rings. The van der Waals surface area contributed by atoms with Gasteiger partial charge in [0.15, 0.2) is 17.7 Å². The first-order valence-corrected chi connectivity index (χ1v) is 8.95. The van der Waals surface area contributed by atoms with Crippen molar-refractivity contribution >= 4 is 23.3 Å². The molecule has 0 bridgehead atoms. The number of benzene rings is 1. The molecule has 1 N–H and O–H groups in total. The summed E-state index contributed by atoms with van der Waals surface area (Å²) in [6.45, 7) is 4.63. The fraction of sp³-hybridized carbons (Fsp3) is 0.190. The average molecular weight is 392 g/mol. The molecular formula is C21H20N4O4. The second-order valence-electron chi connectivity index (χ2n) is 6.42.